The molecule has 3 aliphatic rings. The number of nitrogens with one attached hydrogen (secondary N) is 1. The van der Waals surface area contributed by atoms with Gasteiger partial charge in [0, 0.05) is 31.6 Å². The molecule has 4 amide bonds. The van der Waals surface area contributed by atoms with Crippen LogP contribution in [0.2, 0.25) is 0 Å². The molecule has 0 aromatic heterocycles. The maximum absolute atomic E-state index is 14.1. The highest BCUT2D eigenvalue weighted by molar-refractivity contribution is 6.21. The number of fused-ring (bicyclic) bond motifs is 2. The molecule has 2 N–H and O–H groups in total. The van der Waals surface area contributed by atoms with Gasteiger partial charge in [0.15, 0.2) is 11.5 Å². The first-order valence-electron chi connectivity index (χ1n) is 20.1. The minimum atomic E-state index is -1.21. The van der Waals surface area contributed by atoms with Crippen LogP contribution in [-0.4, -0.2) is 104 Å². The maximum Gasteiger partial charge on any atom is 0.261 e. The van der Waals surface area contributed by atoms with E-state index in [1.165, 1.54) is 14.2 Å². The molecule has 2 heterocycles. The molecule has 2 fully saturated rings. The van der Waals surface area contributed by atoms with E-state index in [4.69, 9.17) is 23.7 Å². The number of methoxy groups -OCH3 is 2. The van der Waals surface area contributed by atoms with Gasteiger partial charge in [-0.25, -0.2) is 0 Å². The number of amides is 4. The van der Waals surface area contributed by atoms with Crippen molar-refractivity contribution in [1.82, 2.24) is 15.1 Å². The van der Waals surface area contributed by atoms with Crippen molar-refractivity contribution in [2.24, 2.45) is 5.92 Å². The van der Waals surface area contributed by atoms with E-state index in [0.29, 0.717) is 41.3 Å². The van der Waals surface area contributed by atoms with Crippen LogP contribution in [0.4, 0.5) is 0 Å². The largest absolute Gasteiger partial charge is 0.493 e. The first-order chi connectivity index (χ1) is 28.7. The van der Waals surface area contributed by atoms with Crippen molar-refractivity contribution >= 4 is 23.6 Å². The van der Waals surface area contributed by atoms with Gasteiger partial charge in [-0.2, -0.15) is 0 Å². The van der Waals surface area contributed by atoms with Gasteiger partial charge in [0.2, 0.25) is 11.7 Å². The number of nitrogens with zero attached hydrogens (tertiary/aromatic N) is 2. The lowest BCUT2D eigenvalue weighted by Gasteiger charge is -2.34. The van der Waals surface area contributed by atoms with Gasteiger partial charge in [0.25, 0.3) is 17.7 Å². The Hall–Kier alpha value is -5.76. The van der Waals surface area contributed by atoms with Crippen molar-refractivity contribution in [1.29, 1.82) is 0 Å². The lowest BCUT2D eigenvalue weighted by atomic mass is 9.83. The van der Waals surface area contributed by atoms with Crippen LogP contribution in [-0.2, 0) is 27.3 Å². The fourth-order valence-corrected chi connectivity index (χ4v) is 8.13. The zero-order valence-corrected chi connectivity index (χ0v) is 33.4. The molecule has 1 saturated heterocycles. The molecule has 0 bridgehead atoms. The Morgan fingerprint density at radius 1 is 0.847 bits per heavy atom. The van der Waals surface area contributed by atoms with Crippen molar-refractivity contribution in [2.75, 3.05) is 40.6 Å². The van der Waals surface area contributed by atoms with Gasteiger partial charge in [0.1, 0.15) is 13.4 Å². The Labute approximate surface area is 344 Å². The van der Waals surface area contributed by atoms with Gasteiger partial charge in [-0.3, -0.25) is 24.1 Å². The molecule has 1 aliphatic carbocycles. The molecule has 13 heteroatoms. The summed E-state index contributed by atoms with van der Waals surface area (Å²) in [7, 11) is 2.96. The van der Waals surface area contributed by atoms with Crippen molar-refractivity contribution < 1.29 is 48.0 Å². The predicted molar refractivity (Wildman–Crippen MR) is 217 cm³/mol. The Morgan fingerprint density at radius 3 is 2.10 bits per heavy atom. The van der Waals surface area contributed by atoms with Crippen LogP contribution in [0.3, 0.4) is 0 Å². The highest BCUT2D eigenvalue weighted by Gasteiger charge is 2.38. The summed E-state index contributed by atoms with van der Waals surface area (Å²) in [6, 6.07) is 28.0. The van der Waals surface area contributed by atoms with Gasteiger partial charge in [0.05, 0.1) is 49.7 Å². The van der Waals surface area contributed by atoms with Crippen LogP contribution in [0.25, 0.3) is 0 Å². The van der Waals surface area contributed by atoms with Crippen molar-refractivity contribution in [2.45, 2.75) is 69.5 Å². The summed E-state index contributed by atoms with van der Waals surface area (Å²) >= 11 is 0. The summed E-state index contributed by atoms with van der Waals surface area (Å²) in [5.41, 5.74) is 2.66. The van der Waals surface area contributed by atoms with E-state index >= 15 is 0 Å². The number of imide groups is 1. The molecule has 2 aliphatic heterocycles. The summed E-state index contributed by atoms with van der Waals surface area (Å²) in [6.07, 6.45) is 2.29. The van der Waals surface area contributed by atoms with Crippen LogP contribution < -0.4 is 19.5 Å². The quantitative estimate of drug-likeness (QED) is 0.125. The highest BCUT2D eigenvalue weighted by Crippen LogP contribution is 2.39. The fraction of sp³-hybridized carbons (Fsp3) is 0.391. The second-order valence-corrected chi connectivity index (χ2v) is 15.2. The molecule has 7 rings (SSSR count). The van der Waals surface area contributed by atoms with Gasteiger partial charge >= 0.3 is 0 Å². The number of hydrogen-bond donors (Lipinski definition) is 2. The molecular formula is C46H51N3O10. The van der Waals surface area contributed by atoms with Crippen molar-refractivity contribution in [3.8, 4) is 17.2 Å². The van der Waals surface area contributed by atoms with E-state index < -0.39 is 29.9 Å². The first-order valence-corrected chi connectivity index (χ1v) is 20.1. The summed E-state index contributed by atoms with van der Waals surface area (Å²) < 4.78 is 28.9. The Morgan fingerprint density at radius 2 is 1.46 bits per heavy atom. The van der Waals surface area contributed by atoms with Crippen LogP contribution in [0.5, 0.6) is 17.2 Å². The standard InChI is InChI=1S/C46H51N3O10/c1-55-40-25-33(26-41(56-2)43(40)57-28-32-13-7-4-8-14-32)44(52)47-36(23-30-11-5-3-6-12-30)37(50)27-48(21-19-31-17-18-38-39(24-31)59-29-58-38)42(51)20-22-49-45(53)34-15-9-10-16-35(34)46(49)54/h3-16,25-26,31,36-39,50H,17-24,27-29H2,1-2H3,(H,47,52)/t31-,36-,37-,38+,39+/m0/s1. The number of aliphatic hydroxyl groups excluding tert-OH is 1. The maximum atomic E-state index is 14.1. The van der Waals surface area contributed by atoms with Gasteiger partial charge in [-0.15, -0.1) is 0 Å². The summed E-state index contributed by atoms with van der Waals surface area (Å²) in [5.74, 6) is -0.480. The number of ether oxygens (including phenoxy) is 5. The molecule has 0 radical (unpaired) electrons. The number of rotatable bonds is 18. The molecule has 0 spiro atoms. The van der Waals surface area contributed by atoms with E-state index in [9.17, 15) is 24.3 Å². The minimum absolute atomic E-state index is 0.0181. The monoisotopic (exact) mass is 805 g/mol. The van der Waals surface area contributed by atoms with E-state index in [-0.39, 0.29) is 68.9 Å². The van der Waals surface area contributed by atoms with Crippen molar-refractivity contribution in [3.05, 3.63) is 125 Å². The predicted octanol–water partition coefficient (Wildman–Crippen LogP) is 5.43. The zero-order chi connectivity index (χ0) is 41.3. The molecule has 1 saturated carbocycles. The van der Waals surface area contributed by atoms with Crippen LogP contribution in [0, 0.1) is 5.92 Å². The summed E-state index contributed by atoms with van der Waals surface area (Å²) in [4.78, 5) is 57.1. The van der Waals surface area contributed by atoms with Gasteiger partial charge in [-0.1, -0.05) is 72.8 Å². The third-order valence-electron chi connectivity index (χ3n) is 11.4. The first kappa shape index (κ1) is 41.4. The summed E-state index contributed by atoms with van der Waals surface area (Å²) in [6.45, 7) is 0.662. The Kier molecular flexibility index (Phi) is 13.6. The second-order valence-electron chi connectivity index (χ2n) is 15.2. The van der Waals surface area contributed by atoms with E-state index in [2.05, 4.69) is 5.32 Å². The van der Waals surface area contributed by atoms with E-state index in [0.717, 1.165) is 35.3 Å². The SMILES string of the molecule is COc1cc(C(=O)N[C@@H](Cc2ccccc2)[C@@H](O)CN(CC[C@@H]2CC[C@H]3OCO[C@@H]3C2)C(=O)CCN2C(=O)c3ccccc3C2=O)cc(OC)c1OCc1ccccc1. The second kappa shape index (κ2) is 19.3. The number of carbonyl (C=O) groups excluding carboxylic acids is 4. The topological polar surface area (TPSA) is 153 Å². The van der Waals surface area contributed by atoms with Crippen LogP contribution in [0.15, 0.2) is 97.1 Å². The molecule has 4 aromatic rings. The number of benzene rings is 4. The smallest absolute Gasteiger partial charge is 0.261 e. The van der Waals surface area contributed by atoms with Crippen LogP contribution in [0.1, 0.15) is 74.3 Å². The minimum Gasteiger partial charge on any atom is -0.493 e. The number of carbonyl (C=O) groups is 4. The lowest BCUT2D eigenvalue weighted by molar-refractivity contribution is -0.133. The Balaban J connectivity index is 1.09. The Bertz CT molecular complexity index is 2040. The highest BCUT2D eigenvalue weighted by atomic mass is 16.7. The average Bonchev–Trinajstić information content (AvgIpc) is 3.84. The zero-order valence-electron chi connectivity index (χ0n) is 33.4. The van der Waals surface area contributed by atoms with Gasteiger partial charge < -0.3 is 39.0 Å². The van der Waals surface area contributed by atoms with Gasteiger partial charge in [-0.05, 0) is 73.4 Å². The average molecular weight is 806 g/mol. The molecule has 4 aromatic carbocycles. The molecule has 59 heavy (non-hydrogen) atoms. The van der Waals surface area contributed by atoms with E-state index in [1.807, 2.05) is 60.7 Å². The fourth-order valence-electron chi connectivity index (χ4n) is 8.13. The molecular weight excluding hydrogens is 755 g/mol. The number of aliphatic hydroxyl groups is 1. The lowest BCUT2D eigenvalue weighted by Crippen LogP contribution is -2.51. The summed E-state index contributed by atoms with van der Waals surface area (Å²) in [5, 5.41) is 15.0. The molecule has 0 unspecified atom stereocenters. The van der Waals surface area contributed by atoms with Crippen molar-refractivity contribution in [3.63, 3.8) is 0 Å². The molecule has 310 valence electrons. The molecule has 5 atom stereocenters. The third kappa shape index (κ3) is 9.93. The normalized spacial score (nSPS) is 19.4. The number of hydrogen-bond acceptors (Lipinski definition) is 10. The third-order valence-corrected chi connectivity index (χ3v) is 11.4. The molecule has 13 nitrogen and oxygen atoms in total. The van der Waals surface area contributed by atoms with E-state index in [1.54, 1.807) is 41.3 Å². The van der Waals surface area contributed by atoms with Crippen LogP contribution >= 0.6 is 0 Å².